The smallest absolute Gasteiger partial charge is 0.398 e. The zero-order valence-electron chi connectivity index (χ0n) is 19.7. The first kappa shape index (κ1) is 25.2. The lowest BCUT2D eigenvalue weighted by Gasteiger charge is -2.36. The Balaban J connectivity index is 2.00. The summed E-state index contributed by atoms with van der Waals surface area (Å²) in [6.07, 6.45) is 0.869. The first-order valence-corrected chi connectivity index (χ1v) is 11.6. The van der Waals surface area contributed by atoms with Crippen molar-refractivity contribution in [3.8, 4) is 0 Å². The van der Waals surface area contributed by atoms with Crippen LogP contribution in [0.15, 0.2) is 24.4 Å². The van der Waals surface area contributed by atoms with Crippen LogP contribution < -0.4 is 16.4 Å². The molecule has 2 heterocycles. The SMILES string of the molecule is C=CC(=O)N1CCN(c2cc(N)c(C=N)c3c4c(c(C(C=N)=C(N)C(F)(F)F)nc23)CCCC4)CC1. The number of halogens is 3. The van der Waals surface area contributed by atoms with Crippen LogP contribution in [-0.2, 0) is 17.6 Å². The molecule has 1 aromatic carbocycles. The van der Waals surface area contributed by atoms with Crippen LogP contribution in [-0.4, -0.2) is 60.6 Å². The van der Waals surface area contributed by atoms with Crippen molar-refractivity contribution in [2.75, 3.05) is 36.8 Å². The van der Waals surface area contributed by atoms with Gasteiger partial charge in [-0.25, -0.2) is 4.98 Å². The van der Waals surface area contributed by atoms with Crippen molar-refractivity contribution in [1.82, 2.24) is 9.88 Å². The van der Waals surface area contributed by atoms with Gasteiger partial charge in [-0.1, -0.05) is 6.58 Å². The van der Waals surface area contributed by atoms with Gasteiger partial charge >= 0.3 is 6.18 Å². The first-order valence-electron chi connectivity index (χ1n) is 11.6. The lowest BCUT2D eigenvalue weighted by Crippen LogP contribution is -2.48. The van der Waals surface area contributed by atoms with Crippen molar-refractivity contribution < 1.29 is 18.0 Å². The molecule has 2 aliphatic rings. The fraction of sp³-hybridized carbons (Fsp3) is 0.360. The van der Waals surface area contributed by atoms with Crippen LogP contribution in [0.2, 0.25) is 0 Å². The highest BCUT2D eigenvalue weighted by molar-refractivity contribution is 6.13. The van der Waals surface area contributed by atoms with E-state index in [1.54, 1.807) is 11.0 Å². The Morgan fingerprint density at radius 3 is 2.31 bits per heavy atom. The van der Waals surface area contributed by atoms with Gasteiger partial charge < -0.3 is 32.1 Å². The highest BCUT2D eigenvalue weighted by Gasteiger charge is 2.36. The summed E-state index contributed by atoms with van der Waals surface area (Å²) >= 11 is 0. The van der Waals surface area contributed by atoms with Crippen molar-refractivity contribution in [2.24, 2.45) is 5.73 Å². The van der Waals surface area contributed by atoms with Crippen LogP contribution in [0.25, 0.3) is 16.5 Å². The molecule has 1 aliphatic carbocycles. The number of nitrogens with one attached hydrogen (secondary N) is 2. The number of nitrogen functional groups attached to an aromatic ring is 1. The van der Waals surface area contributed by atoms with Crippen LogP contribution in [0.1, 0.15) is 35.2 Å². The number of fused-ring (bicyclic) bond motifs is 3. The first-order chi connectivity index (χ1) is 17.1. The minimum Gasteiger partial charge on any atom is -0.398 e. The van der Waals surface area contributed by atoms with E-state index in [2.05, 4.69) is 6.58 Å². The summed E-state index contributed by atoms with van der Waals surface area (Å²) in [5.74, 6) is -0.170. The van der Waals surface area contributed by atoms with Crippen LogP contribution in [0.5, 0.6) is 0 Å². The molecule has 8 nitrogen and oxygen atoms in total. The lowest BCUT2D eigenvalue weighted by atomic mass is 9.84. The minimum atomic E-state index is -4.82. The number of hydrogen-bond acceptors (Lipinski definition) is 7. The lowest BCUT2D eigenvalue weighted by molar-refractivity contribution is -0.126. The highest BCUT2D eigenvalue weighted by atomic mass is 19.4. The normalized spacial score (nSPS) is 16.9. The molecular weight excluding hydrogens is 471 g/mol. The number of pyridine rings is 1. The molecule has 0 spiro atoms. The number of benzene rings is 1. The average Bonchev–Trinajstić information content (AvgIpc) is 2.88. The van der Waals surface area contributed by atoms with Crippen LogP contribution in [0.4, 0.5) is 24.5 Å². The number of nitrogens with two attached hydrogens (primary N) is 2. The summed E-state index contributed by atoms with van der Waals surface area (Å²) in [5.41, 5.74) is 13.3. The number of nitrogens with zero attached hydrogens (tertiary/aromatic N) is 3. The maximum atomic E-state index is 13.6. The molecule has 1 fully saturated rings. The molecule has 2 aromatic rings. The second-order valence-electron chi connectivity index (χ2n) is 8.88. The van der Waals surface area contributed by atoms with E-state index in [9.17, 15) is 18.0 Å². The molecule has 1 saturated heterocycles. The van der Waals surface area contributed by atoms with Gasteiger partial charge in [0, 0.05) is 60.8 Å². The molecule has 11 heteroatoms. The van der Waals surface area contributed by atoms with Crippen molar-refractivity contribution >= 4 is 46.2 Å². The van der Waals surface area contributed by atoms with Gasteiger partial charge in [0.25, 0.3) is 0 Å². The van der Waals surface area contributed by atoms with Crippen LogP contribution >= 0.6 is 0 Å². The zero-order valence-corrected chi connectivity index (χ0v) is 19.7. The summed E-state index contributed by atoms with van der Waals surface area (Å²) in [5, 5.41) is 16.4. The summed E-state index contributed by atoms with van der Waals surface area (Å²) in [4.78, 5) is 20.4. The third kappa shape index (κ3) is 4.29. The van der Waals surface area contributed by atoms with E-state index < -0.39 is 17.4 Å². The monoisotopic (exact) mass is 499 g/mol. The number of aromatic nitrogens is 1. The number of piperazine rings is 1. The fourth-order valence-corrected chi connectivity index (χ4v) is 5.08. The van der Waals surface area contributed by atoms with E-state index >= 15 is 0 Å². The number of carbonyl (C=O) groups is 1. The molecule has 0 saturated carbocycles. The Morgan fingerprint density at radius 2 is 1.75 bits per heavy atom. The number of amides is 1. The standard InChI is InChI=1S/C25H28F3N7O/c1-2-20(36)35-9-7-34(8-10-35)19-11-18(31)16(12-29)21-14-5-3-4-6-15(14)22(33-23(19)21)17(13-30)24(32)25(26,27)28/h2,11-13,29-30H,1,3-10,31-32H2. The molecule has 1 aliphatic heterocycles. The Hall–Kier alpha value is -3.89. The Bertz CT molecular complexity index is 1290. The van der Waals surface area contributed by atoms with Gasteiger partial charge in [-0.05, 0) is 49.0 Å². The van der Waals surface area contributed by atoms with Gasteiger partial charge in [0.2, 0.25) is 5.91 Å². The predicted molar refractivity (Wildman–Crippen MR) is 136 cm³/mol. The van der Waals surface area contributed by atoms with Crippen molar-refractivity contribution in [2.45, 2.75) is 31.9 Å². The van der Waals surface area contributed by atoms with Gasteiger partial charge in [0.15, 0.2) is 0 Å². The molecule has 0 radical (unpaired) electrons. The second-order valence-corrected chi connectivity index (χ2v) is 8.88. The molecule has 0 bridgehead atoms. The van der Waals surface area contributed by atoms with Gasteiger partial charge in [-0.15, -0.1) is 0 Å². The van der Waals surface area contributed by atoms with E-state index in [-0.39, 0.29) is 11.6 Å². The molecule has 4 rings (SSSR count). The largest absolute Gasteiger partial charge is 0.431 e. The van der Waals surface area contributed by atoms with Crippen LogP contribution in [0.3, 0.4) is 0 Å². The van der Waals surface area contributed by atoms with Gasteiger partial charge in [0.05, 0.1) is 16.9 Å². The average molecular weight is 500 g/mol. The Kier molecular flexibility index (Phi) is 6.75. The van der Waals surface area contributed by atoms with Gasteiger partial charge in [0.1, 0.15) is 5.70 Å². The van der Waals surface area contributed by atoms with E-state index in [4.69, 9.17) is 27.3 Å². The summed E-state index contributed by atoms with van der Waals surface area (Å²) in [6.45, 7) is 5.32. The number of hydrogen-bond donors (Lipinski definition) is 4. The number of allylic oxidation sites excluding steroid dienone is 2. The molecule has 0 unspecified atom stereocenters. The van der Waals surface area contributed by atoms with E-state index in [0.717, 1.165) is 24.6 Å². The molecule has 36 heavy (non-hydrogen) atoms. The van der Waals surface area contributed by atoms with E-state index in [1.807, 2.05) is 4.90 Å². The number of anilines is 2. The van der Waals surface area contributed by atoms with E-state index in [1.165, 1.54) is 6.08 Å². The van der Waals surface area contributed by atoms with Gasteiger partial charge in [-0.2, -0.15) is 13.2 Å². The van der Waals surface area contributed by atoms with Crippen LogP contribution in [0, 0.1) is 10.8 Å². The summed E-state index contributed by atoms with van der Waals surface area (Å²) in [6, 6.07) is 1.68. The third-order valence-corrected chi connectivity index (χ3v) is 6.88. The van der Waals surface area contributed by atoms with Crippen molar-refractivity contribution in [1.29, 1.82) is 10.8 Å². The molecule has 1 aromatic heterocycles. The highest BCUT2D eigenvalue weighted by Crippen LogP contribution is 2.41. The molecule has 1 amide bonds. The molecule has 190 valence electrons. The number of rotatable bonds is 5. The molecule has 0 atom stereocenters. The predicted octanol–water partition coefficient (Wildman–Crippen LogP) is 3.41. The molecule has 6 N–H and O–H groups in total. The molecular formula is C25H28F3N7O. The minimum absolute atomic E-state index is 0.0458. The zero-order chi connectivity index (χ0) is 26.2. The fourth-order valence-electron chi connectivity index (χ4n) is 5.08. The Morgan fingerprint density at radius 1 is 1.11 bits per heavy atom. The maximum Gasteiger partial charge on any atom is 0.431 e. The number of alkyl halides is 3. The maximum absolute atomic E-state index is 13.6. The second kappa shape index (κ2) is 9.63. The summed E-state index contributed by atoms with van der Waals surface area (Å²) in [7, 11) is 0. The number of carbonyl (C=O) groups excluding carboxylic acids is 1. The Labute approximate surface area is 206 Å². The quantitative estimate of drug-likeness (QED) is 0.284. The summed E-state index contributed by atoms with van der Waals surface area (Å²) < 4.78 is 40.7. The number of aryl methyl sites for hydroxylation is 1. The van der Waals surface area contributed by atoms with Gasteiger partial charge in [-0.3, -0.25) is 4.79 Å². The third-order valence-electron chi connectivity index (χ3n) is 6.88. The van der Waals surface area contributed by atoms with Crippen molar-refractivity contribution in [3.63, 3.8) is 0 Å². The van der Waals surface area contributed by atoms with Crippen molar-refractivity contribution in [3.05, 3.63) is 46.8 Å². The van der Waals surface area contributed by atoms with E-state index in [0.29, 0.717) is 78.6 Å². The topological polar surface area (TPSA) is 136 Å².